The van der Waals surface area contributed by atoms with Gasteiger partial charge in [0, 0.05) is 19.0 Å². The van der Waals surface area contributed by atoms with E-state index in [1.54, 1.807) is 15.9 Å². The molecule has 1 aromatic carbocycles. The second-order valence-corrected chi connectivity index (χ2v) is 6.36. The Balaban J connectivity index is 1.68. The fourth-order valence-corrected chi connectivity index (χ4v) is 3.17. The molecule has 2 N–H and O–H groups in total. The van der Waals surface area contributed by atoms with Crippen molar-refractivity contribution in [3.8, 4) is 5.75 Å². The summed E-state index contributed by atoms with van der Waals surface area (Å²) >= 11 is 0. The zero-order chi connectivity index (χ0) is 17.3. The number of likely N-dealkylation sites (tertiary alicyclic amines) is 1. The minimum atomic E-state index is -0.369. The fraction of sp³-hybridized carbons (Fsp3) is 0.471. The van der Waals surface area contributed by atoms with E-state index in [2.05, 4.69) is 0 Å². The molecule has 128 valence electrons. The molecular formula is C17H21N3O4. The van der Waals surface area contributed by atoms with Gasteiger partial charge in [0.05, 0.1) is 12.2 Å². The number of aryl methyl sites for hydroxylation is 1. The number of fused-ring (bicyclic) bond motifs is 1. The van der Waals surface area contributed by atoms with Crippen LogP contribution in [0.1, 0.15) is 18.4 Å². The molecule has 2 heterocycles. The summed E-state index contributed by atoms with van der Waals surface area (Å²) in [4.78, 5) is 39.0. The lowest BCUT2D eigenvalue weighted by Gasteiger charge is -2.34. The normalized spacial score (nSPS) is 18.1. The number of nitrogens with zero attached hydrogens (tertiary/aromatic N) is 2. The summed E-state index contributed by atoms with van der Waals surface area (Å²) in [5.74, 6) is -0.392. The quantitative estimate of drug-likeness (QED) is 0.641. The summed E-state index contributed by atoms with van der Waals surface area (Å²) in [7, 11) is 0. The molecule has 1 aromatic rings. The van der Waals surface area contributed by atoms with Gasteiger partial charge in [0.1, 0.15) is 6.54 Å². The van der Waals surface area contributed by atoms with Crippen LogP contribution in [0.25, 0.3) is 0 Å². The molecule has 0 bridgehead atoms. The lowest BCUT2D eigenvalue weighted by Crippen LogP contribution is -2.48. The number of rotatable bonds is 3. The third kappa shape index (κ3) is 3.34. The Morgan fingerprint density at radius 3 is 2.67 bits per heavy atom. The number of hydrogen-bond donors (Lipinski definition) is 1. The van der Waals surface area contributed by atoms with Crippen LogP contribution in [0, 0.1) is 12.8 Å². The van der Waals surface area contributed by atoms with Gasteiger partial charge in [-0.15, -0.1) is 0 Å². The van der Waals surface area contributed by atoms with Crippen LogP contribution < -0.4 is 15.4 Å². The smallest absolute Gasteiger partial charge is 0.331 e. The zero-order valence-electron chi connectivity index (χ0n) is 13.7. The van der Waals surface area contributed by atoms with Gasteiger partial charge in [-0.2, -0.15) is 0 Å². The van der Waals surface area contributed by atoms with E-state index in [0.717, 1.165) is 11.3 Å². The average Bonchev–Trinajstić information content (AvgIpc) is 2.55. The van der Waals surface area contributed by atoms with Gasteiger partial charge in [-0.3, -0.25) is 9.59 Å². The summed E-state index contributed by atoms with van der Waals surface area (Å²) in [6, 6.07) is 5.53. The number of piperidine rings is 1. The minimum absolute atomic E-state index is 0.0555. The molecule has 0 spiro atoms. The minimum Gasteiger partial charge on any atom is -0.423 e. The van der Waals surface area contributed by atoms with Crippen LogP contribution in [0.4, 0.5) is 5.69 Å². The number of anilines is 1. The first kappa shape index (κ1) is 16.3. The van der Waals surface area contributed by atoms with Crippen molar-refractivity contribution < 1.29 is 19.1 Å². The van der Waals surface area contributed by atoms with Crippen LogP contribution in [-0.2, 0) is 14.4 Å². The van der Waals surface area contributed by atoms with Crippen LogP contribution in [0.5, 0.6) is 5.75 Å². The average molecular weight is 331 g/mol. The highest BCUT2D eigenvalue weighted by Gasteiger charge is 2.30. The molecule has 3 rings (SSSR count). The predicted molar refractivity (Wildman–Crippen MR) is 87.5 cm³/mol. The highest BCUT2D eigenvalue weighted by atomic mass is 16.5. The van der Waals surface area contributed by atoms with E-state index in [4.69, 9.17) is 10.5 Å². The number of amides is 2. The van der Waals surface area contributed by atoms with Crippen LogP contribution in [-0.4, -0.2) is 48.9 Å². The van der Waals surface area contributed by atoms with Crippen molar-refractivity contribution in [3.05, 3.63) is 23.8 Å². The standard InChI is InChI=1S/C17H21N3O4/c1-11-2-3-14-13(8-11)20(10-16(22)24-14)9-15(21)19-6-4-12(5-7-19)17(18)23/h2-3,8,12H,4-7,9-10H2,1H3,(H2,18,23). The Morgan fingerprint density at radius 2 is 2.00 bits per heavy atom. The molecule has 7 heteroatoms. The largest absolute Gasteiger partial charge is 0.423 e. The maximum Gasteiger partial charge on any atom is 0.331 e. The maximum absolute atomic E-state index is 12.6. The Hall–Kier alpha value is -2.57. The van der Waals surface area contributed by atoms with E-state index in [0.29, 0.717) is 31.7 Å². The summed E-state index contributed by atoms with van der Waals surface area (Å²) < 4.78 is 5.23. The first-order valence-corrected chi connectivity index (χ1v) is 8.07. The van der Waals surface area contributed by atoms with Gasteiger partial charge in [0.2, 0.25) is 11.8 Å². The molecule has 0 saturated carbocycles. The molecule has 7 nitrogen and oxygen atoms in total. The summed E-state index contributed by atoms with van der Waals surface area (Å²) in [5, 5.41) is 0. The van der Waals surface area contributed by atoms with Crippen LogP contribution in [0.3, 0.4) is 0 Å². The number of carbonyl (C=O) groups excluding carboxylic acids is 3. The maximum atomic E-state index is 12.6. The van der Waals surface area contributed by atoms with E-state index >= 15 is 0 Å². The molecular weight excluding hydrogens is 310 g/mol. The number of primary amides is 1. The summed E-state index contributed by atoms with van der Waals surface area (Å²) in [6.45, 7) is 3.16. The van der Waals surface area contributed by atoms with Crippen LogP contribution in [0.15, 0.2) is 18.2 Å². The Bertz CT molecular complexity index is 680. The molecule has 0 aromatic heterocycles. The lowest BCUT2D eigenvalue weighted by atomic mass is 9.96. The Morgan fingerprint density at radius 1 is 1.29 bits per heavy atom. The van der Waals surface area contributed by atoms with Gasteiger partial charge < -0.3 is 20.3 Å². The summed E-state index contributed by atoms with van der Waals surface area (Å²) in [5.41, 5.74) is 7.11. The van der Waals surface area contributed by atoms with Crippen molar-refractivity contribution >= 4 is 23.5 Å². The fourth-order valence-electron chi connectivity index (χ4n) is 3.17. The highest BCUT2D eigenvalue weighted by molar-refractivity contribution is 5.89. The summed E-state index contributed by atoms with van der Waals surface area (Å²) in [6.07, 6.45) is 1.19. The molecule has 0 radical (unpaired) electrons. The molecule has 0 unspecified atom stereocenters. The van der Waals surface area contributed by atoms with Crippen LogP contribution >= 0.6 is 0 Å². The van der Waals surface area contributed by atoms with E-state index < -0.39 is 0 Å². The molecule has 0 atom stereocenters. The third-order valence-electron chi connectivity index (χ3n) is 4.58. The Kier molecular flexibility index (Phi) is 4.42. The number of benzene rings is 1. The lowest BCUT2D eigenvalue weighted by molar-refractivity contribution is -0.135. The van der Waals surface area contributed by atoms with E-state index in [-0.39, 0.29) is 36.8 Å². The van der Waals surface area contributed by atoms with E-state index in [1.165, 1.54) is 0 Å². The van der Waals surface area contributed by atoms with Crippen molar-refractivity contribution in [2.45, 2.75) is 19.8 Å². The van der Waals surface area contributed by atoms with Crippen molar-refractivity contribution in [1.29, 1.82) is 0 Å². The molecule has 2 amide bonds. The molecule has 2 aliphatic rings. The van der Waals surface area contributed by atoms with Gasteiger partial charge in [-0.05, 0) is 37.5 Å². The van der Waals surface area contributed by atoms with E-state index in [1.807, 2.05) is 19.1 Å². The number of carbonyl (C=O) groups is 3. The number of nitrogens with two attached hydrogens (primary N) is 1. The van der Waals surface area contributed by atoms with Crippen molar-refractivity contribution in [2.75, 3.05) is 31.1 Å². The van der Waals surface area contributed by atoms with Gasteiger partial charge in [0.25, 0.3) is 0 Å². The first-order valence-electron chi connectivity index (χ1n) is 8.07. The second-order valence-electron chi connectivity index (χ2n) is 6.36. The molecule has 24 heavy (non-hydrogen) atoms. The number of ether oxygens (including phenoxy) is 1. The third-order valence-corrected chi connectivity index (χ3v) is 4.58. The van der Waals surface area contributed by atoms with Gasteiger partial charge in [-0.25, -0.2) is 4.79 Å². The predicted octanol–water partition coefficient (Wildman–Crippen LogP) is 0.444. The Labute approximate surface area is 140 Å². The highest BCUT2D eigenvalue weighted by Crippen LogP contribution is 2.32. The monoisotopic (exact) mass is 331 g/mol. The topological polar surface area (TPSA) is 92.9 Å². The van der Waals surface area contributed by atoms with Crippen molar-refractivity contribution in [1.82, 2.24) is 4.90 Å². The SMILES string of the molecule is Cc1ccc2c(c1)N(CC(=O)N1CCC(C(N)=O)CC1)CC(=O)O2. The van der Waals surface area contributed by atoms with Gasteiger partial charge in [0.15, 0.2) is 5.75 Å². The van der Waals surface area contributed by atoms with Crippen molar-refractivity contribution in [2.24, 2.45) is 11.7 Å². The molecule has 0 aliphatic carbocycles. The number of esters is 1. The van der Waals surface area contributed by atoms with E-state index in [9.17, 15) is 14.4 Å². The molecule has 1 saturated heterocycles. The molecule has 2 aliphatic heterocycles. The molecule has 1 fully saturated rings. The number of hydrogen-bond acceptors (Lipinski definition) is 5. The van der Waals surface area contributed by atoms with Crippen LogP contribution in [0.2, 0.25) is 0 Å². The van der Waals surface area contributed by atoms with Gasteiger partial charge in [-0.1, -0.05) is 6.07 Å². The zero-order valence-corrected chi connectivity index (χ0v) is 13.7. The van der Waals surface area contributed by atoms with Crippen molar-refractivity contribution in [3.63, 3.8) is 0 Å². The second kappa shape index (κ2) is 6.51. The first-order chi connectivity index (χ1) is 11.4. The van der Waals surface area contributed by atoms with Gasteiger partial charge >= 0.3 is 5.97 Å².